The maximum absolute atomic E-state index is 9.76. The average Bonchev–Trinajstić information content (AvgIpc) is 2.95. The Morgan fingerprint density at radius 3 is 3.11 bits per heavy atom. The molecule has 0 bridgehead atoms. The Balaban J connectivity index is 2.08. The van der Waals surface area contributed by atoms with Crippen LogP contribution in [-0.4, -0.2) is 48.5 Å². The third-order valence-corrected chi connectivity index (χ3v) is 3.73. The van der Waals surface area contributed by atoms with Crippen LogP contribution in [0.5, 0.6) is 0 Å². The highest BCUT2D eigenvalue weighted by atomic mass is 79.9. The number of halogens is 1. The fourth-order valence-electron chi connectivity index (χ4n) is 2.20. The molecule has 2 aromatic heterocycles. The number of aromatic nitrogens is 4. The van der Waals surface area contributed by atoms with Gasteiger partial charge in [0.2, 0.25) is 0 Å². The highest BCUT2D eigenvalue weighted by Crippen LogP contribution is 2.29. The predicted octanol–water partition coefficient (Wildman–Crippen LogP) is -0.358. The van der Waals surface area contributed by atoms with Gasteiger partial charge in [-0.1, -0.05) is 0 Å². The molecule has 0 spiro atoms. The second-order valence-corrected chi connectivity index (χ2v) is 5.02. The van der Waals surface area contributed by atoms with Crippen LogP contribution in [0.1, 0.15) is 12.6 Å². The minimum Gasteiger partial charge on any atom is -0.394 e. The van der Waals surface area contributed by atoms with E-state index in [0.29, 0.717) is 22.3 Å². The topological polar surface area (TPSA) is 120 Å². The molecule has 8 nitrogen and oxygen atoms in total. The lowest BCUT2D eigenvalue weighted by Crippen LogP contribution is -2.28. The summed E-state index contributed by atoms with van der Waals surface area (Å²) in [6.07, 6.45) is -0.184. The lowest BCUT2D eigenvalue weighted by Gasteiger charge is -2.17. The monoisotopic (exact) mass is 329 g/mol. The van der Waals surface area contributed by atoms with Crippen LogP contribution in [0, 0.1) is 5.41 Å². The number of nitrogens with zero attached hydrogens (tertiary/aromatic N) is 3. The van der Waals surface area contributed by atoms with Crippen molar-refractivity contribution in [2.45, 2.75) is 24.9 Å². The molecule has 0 aromatic carbocycles. The van der Waals surface area contributed by atoms with Gasteiger partial charge in [-0.25, -0.2) is 9.97 Å². The molecule has 4 N–H and O–H groups in total. The predicted molar refractivity (Wildman–Crippen MR) is 67.1 cm³/mol. The zero-order valence-electron chi connectivity index (χ0n) is 9.75. The van der Waals surface area contributed by atoms with E-state index in [4.69, 9.17) is 15.3 Å². The molecule has 0 aliphatic carbocycles. The van der Waals surface area contributed by atoms with Gasteiger partial charge in [-0.05, 0) is 15.9 Å². The number of aliphatic hydroxyl groups excluding tert-OH is 2. The van der Waals surface area contributed by atoms with E-state index >= 15 is 0 Å². The number of H-pyrrole nitrogens is 1. The number of rotatable bonds is 2. The van der Waals surface area contributed by atoms with Crippen molar-refractivity contribution in [1.82, 2.24) is 19.5 Å². The van der Waals surface area contributed by atoms with Crippen LogP contribution in [0.15, 0.2) is 11.1 Å². The maximum Gasteiger partial charge on any atom is 0.183 e. The van der Waals surface area contributed by atoms with E-state index in [1.165, 1.54) is 10.9 Å². The molecule has 1 fully saturated rings. The number of ether oxygens (including phenoxy) is 1. The number of hydrogen-bond donors (Lipinski definition) is 4. The lowest BCUT2D eigenvalue weighted by molar-refractivity contribution is -0.0468. The molecule has 0 saturated carbocycles. The molecular formula is C10H12BrN5O3. The van der Waals surface area contributed by atoms with Gasteiger partial charge in [0.05, 0.1) is 19.0 Å². The van der Waals surface area contributed by atoms with Gasteiger partial charge in [0.1, 0.15) is 17.8 Å². The maximum atomic E-state index is 9.76. The first-order valence-electron chi connectivity index (χ1n) is 5.72. The summed E-state index contributed by atoms with van der Waals surface area (Å²) in [4.78, 5) is 11.0. The Morgan fingerprint density at radius 2 is 2.42 bits per heavy atom. The Bertz CT molecular complexity index is 669. The third kappa shape index (κ3) is 1.98. The minimum atomic E-state index is -0.758. The average molecular weight is 330 g/mol. The van der Waals surface area contributed by atoms with Crippen molar-refractivity contribution in [2.75, 3.05) is 6.61 Å². The summed E-state index contributed by atoms with van der Waals surface area (Å²) in [6.45, 7) is -0.261. The number of fused-ring (bicyclic) bond motifs is 1. The number of aromatic amines is 1. The minimum absolute atomic E-state index is 0.158. The van der Waals surface area contributed by atoms with Gasteiger partial charge in [0.25, 0.3) is 0 Å². The fourth-order valence-corrected chi connectivity index (χ4v) is 2.77. The standard InChI is InChI=1S/C10H12BrN5O3/c11-10-15-9-7(13-3-14-9)8(12)16(10)6-1-4(18)5(2-17)19-6/h3-6,12,17-18H,1-2H2,(H,13,14)/t4-,5+,6?/m0/s1. The van der Waals surface area contributed by atoms with E-state index in [-0.39, 0.29) is 12.1 Å². The summed E-state index contributed by atoms with van der Waals surface area (Å²) in [5.41, 5.74) is 1.09. The third-order valence-electron chi connectivity index (χ3n) is 3.17. The Hall–Kier alpha value is -1.29. The second-order valence-electron chi connectivity index (χ2n) is 4.32. The Morgan fingerprint density at radius 1 is 1.63 bits per heavy atom. The molecule has 19 heavy (non-hydrogen) atoms. The van der Waals surface area contributed by atoms with Crippen LogP contribution < -0.4 is 5.49 Å². The summed E-state index contributed by atoms with van der Waals surface area (Å²) >= 11 is 3.28. The Labute approximate surface area is 115 Å². The van der Waals surface area contributed by atoms with Crippen LogP contribution >= 0.6 is 15.9 Å². The molecule has 2 aromatic rings. The van der Waals surface area contributed by atoms with E-state index in [0.717, 1.165) is 0 Å². The van der Waals surface area contributed by atoms with Gasteiger partial charge < -0.3 is 19.9 Å². The molecule has 1 saturated heterocycles. The van der Waals surface area contributed by atoms with E-state index in [1.807, 2.05) is 0 Å². The van der Waals surface area contributed by atoms with E-state index in [9.17, 15) is 5.11 Å². The summed E-state index contributed by atoms with van der Waals surface area (Å²) in [7, 11) is 0. The van der Waals surface area contributed by atoms with Gasteiger partial charge in [-0.3, -0.25) is 9.98 Å². The van der Waals surface area contributed by atoms with Crippen molar-refractivity contribution in [3.63, 3.8) is 0 Å². The number of hydrogen-bond acceptors (Lipinski definition) is 6. The first-order valence-corrected chi connectivity index (χ1v) is 6.51. The van der Waals surface area contributed by atoms with Gasteiger partial charge in [-0.2, -0.15) is 0 Å². The van der Waals surface area contributed by atoms with Crippen LogP contribution in [-0.2, 0) is 4.74 Å². The normalized spacial score (nSPS) is 27.2. The van der Waals surface area contributed by atoms with Crippen molar-refractivity contribution in [1.29, 1.82) is 5.41 Å². The van der Waals surface area contributed by atoms with Gasteiger partial charge in [0.15, 0.2) is 15.9 Å². The number of nitrogens with one attached hydrogen (secondary N) is 2. The molecule has 1 aliphatic rings. The number of aliphatic hydroxyl groups is 2. The highest BCUT2D eigenvalue weighted by molar-refractivity contribution is 9.10. The summed E-state index contributed by atoms with van der Waals surface area (Å²) < 4.78 is 7.44. The molecule has 3 rings (SSSR count). The van der Waals surface area contributed by atoms with Gasteiger partial charge in [0, 0.05) is 6.42 Å². The van der Waals surface area contributed by atoms with Crippen LogP contribution in [0.2, 0.25) is 0 Å². The SMILES string of the molecule is N=c1c2[nH]cnc2nc(Br)n1C1C[C@H](O)[C@@H](CO)O1. The smallest absolute Gasteiger partial charge is 0.183 e. The molecule has 9 heteroatoms. The van der Waals surface area contributed by atoms with E-state index in [1.54, 1.807) is 0 Å². The molecule has 3 atom stereocenters. The van der Waals surface area contributed by atoms with Crippen molar-refractivity contribution >= 4 is 27.1 Å². The summed E-state index contributed by atoms with van der Waals surface area (Å²) in [6, 6.07) is 0. The molecule has 102 valence electrons. The lowest BCUT2D eigenvalue weighted by atomic mass is 10.2. The molecule has 1 unspecified atom stereocenters. The van der Waals surface area contributed by atoms with Crippen molar-refractivity contribution in [3.05, 3.63) is 16.5 Å². The zero-order valence-corrected chi connectivity index (χ0v) is 11.3. The quantitative estimate of drug-likeness (QED) is 0.561. The fraction of sp³-hybridized carbons (Fsp3) is 0.500. The molecule has 1 aliphatic heterocycles. The first kappa shape index (κ1) is 12.7. The first-order chi connectivity index (χ1) is 9.11. The van der Waals surface area contributed by atoms with Gasteiger partial charge >= 0.3 is 0 Å². The summed E-state index contributed by atoms with van der Waals surface area (Å²) in [5.74, 6) is 0. The second kappa shape index (κ2) is 4.67. The largest absolute Gasteiger partial charge is 0.394 e. The van der Waals surface area contributed by atoms with Crippen LogP contribution in [0.25, 0.3) is 11.2 Å². The van der Waals surface area contributed by atoms with E-state index in [2.05, 4.69) is 30.9 Å². The van der Waals surface area contributed by atoms with Crippen molar-refractivity contribution < 1.29 is 14.9 Å². The molecule has 3 heterocycles. The molecule has 0 radical (unpaired) electrons. The Kier molecular flexibility index (Phi) is 3.13. The molecular weight excluding hydrogens is 318 g/mol. The van der Waals surface area contributed by atoms with E-state index < -0.39 is 18.4 Å². The zero-order chi connectivity index (χ0) is 13.6. The van der Waals surface area contributed by atoms with Crippen LogP contribution in [0.4, 0.5) is 0 Å². The van der Waals surface area contributed by atoms with Crippen LogP contribution in [0.3, 0.4) is 0 Å². The number of imidazole rings is 1. The van der Waals surface area contributed by atoms with Crippen molar-refractivity contribution in [2.24, 2.45) is 0 Å². The van der Waals surface area contributed by atoms with Crippen molar-refractivity contribution in [3.8, 4) is 0 Å². The molecule has 0 amide bonds. The highest BCUT2D eigenvalue weighted by Gasteiger charge is 2.35. The van der Waals surface area contributed by atoms with Gasteiger partial charge in [-0.15, -0.1) is 0 Å². The summed E-state index contributed by atoms with van der Waals surface area (Å²) in [5, 5.41) is 27.0.